The largest absolute Gasteiger partial charge is 0.391 e. The van der Waals surface area contributed by atoms with Crippen molar-refractivity contribution in [2.75, 3.05) is 39.1 Å². The summed E-state index contributed by atoms with van der Waals surface area (Å²) in [7, 11) is -2.96. The second-order valence-corrected chi connectivity index (χ2v) is 12.7. The normalized spacial score (nSPS) is 26.9. The van der Waals surface area contributed by atoms with Gasteiger partial charge in [-0.15, -0.1) is 0 Å². The van der Waals surface area contributed by atoms with Crippen LogP contribution in [0.1, 0.15) is 31.2 Å². The van der Waals surface area contributed by atoms with Crippen LogP contribution in [0, 0.1) is 5.92 Å². The van der Waals surface area contributed by atoms with Crippen molar-refractivity contribution in [3.05, 3.63) is 72.3 Å². The number of allylic oxidation sites excluding steroid dienone is 2. The monoisotopic (exact) mass is 513 g/mol. The number of rotatable bonds is 11. The number of benzene rings is 2. The zero-order valence-corrected chi connectivity index (χ0v) is 22.1. The molecule has 4 rings (SSSR count). The summed E-state index contributed by atoms with van der Waals surface area (Å²) < 4.78 is 23.5. The molecule has 1 aliphatic heterocycles. The van der Waals surface area contributed by atoms with E-state index in [2.05, 4.69) is 47.4 Å². The Bertz CT molecular complexity index is 1000. The van der Waals surface area contributed by atoms with Gasteiger partial charge in [0.15, 0.2) is 7.37 Å². The Labute approximate surface area is 215 Å². The Morgan fingerprint density at radius 2 is 1.69 bits per heavy atom. The van der Waals surface area contributed by atoms with Crippen LogP contribution in [0.15, 0.2) is 66.7 Å². The molecule has 2 aromatic carbocycles. The summed E-state index contributed by atoms with van der Waals surface area (Å²) in [5, 5.41) is 11.0. The fraction of sp³-hybridized carbons (Fsp3) is 0.517. The molecule has 2 N–H and O–H groups in total. The minimum absolute atomic E-state index is 0.0108. The lowest BCUT2D eigenvalue weighted by Gasteiger charge is -2.38. The molecule has 2 fully saturated rings. The summed E-state index contributed by atoms with van der Waals surface area (Å²) in [6.07, 6.45) is 7.04. The molecule has 5 atom stereocenters. The number of morpholine rings is 1. The highest BCUT2D eigenvalue weighted by atomic mass is 31.2. The molecule has 2 aromatic rings. The third kappa shape index (κ3) is 7.85. The first-order chi connectivity index (χ1) is 17.4. The highest BCUT2D eigenvalue weighted by Gasteiger charge is 2.45. The molecule has 36 heavy (non-hydrogen) atoms. The average Bonchev–Trinajstić information content (AvgIpc) is 3.20. The van der Waals surface area contributed by atoms with Crippen LogP contribution in [0.3, 0.4) is 0 Å². The summed E-state index contributed by atoms with van der Waals surface area (Å²) in [5.41, 5.74) is 3.52. The van der Waals surface area contributed by atoms with Crippen LogP contribution in [0.4, 0.5) is 0 Å². The van der Waals surface area contributed by atoms with E-state index in [1.807, 2.05) is 24.3 Å². The molecule has 0 radical (unpaired) electrons. The van der Waals surface area contributed by atoms with Crippen molar-refractivity contribution in [1.82, 2.24) is 4.90 Å². The predicted molar refractivity (Wildman–Crippen MR) is 144 cm³/mol. The van der Waals surface area contributed by atoms with Gasteiger partial charge >= 0.3 is 0 Å². The zero-order valence-electron chi connectivity index (χ0n) is 21.2. The van der Waals surface area contributed by atoms with Gasteiger partial charge in [-0.1, -0.05) is 66.7 Å². The van der Waals surface area contributed by atoms with E-state index < -0.39 is 13.5 Å². The quantitative estimate of drug-likeness (QED) is 0.327. The SMILES string of the molecule is CP(=O)(O)CC/C=C/CCC1C(OCc2ccc(-c3ccccc3)cc2)CC(O)C1N1CCOCC1. The molecule has 0 spiro atoms. The van der Waals surface area contributed by atoms with Gasteiger partial charge in [0.05, 0.1) is 32.0 Å². The molecule has 0 bridgehead atoms. The van der Waals surface area contributed by atoms with Crippen LogP contribution >= 0.6 is 7.37 Å². The highest BCUT2D eigenvalue weighted by Crippen LogP contribution is 2.38. The lowest BCUT2D eigenvalue weighted by molar-refractivity contribution is -0.0354. The van der Waals surface area contributed by atoms with Crippen molar-refractivity contribution >= 4 is 7.37 Å². The number of aliphatic hydroxyl groups is 1. The van der Waals surface area contributed by atoms with Crippen molar-refractivity contribution in [3.63, 3.8) is 0 Å². The van der Waals surface area contributed by atoms with Gasteiger partial charge < -0.3 is 19.5 Å². The zero-order chi connectivity index (χ0) is 25.4. The van der Waals surface area contributed by atoms with E-state index in [0.29, 0.717) is 38.8 Å². The molecular formula is C29H40NO5P. The van der Waals surface area contributed by atoms with Gasteiger partial charge in [-0.05, 0) is 36.0 Å². The minimum atomic E-state index is -2.96. The van der Waals surface area contributed by atoms with E-state index >= 15 is 0 Å². The van der Waals surface area contributed by atoms with Gasteiger partial charge in [-0.2, -0.15) is 0 Å². The Morgan fingerprint density at radius 1 is 1.03 bits per heavy atom. The van der Waals surface area contributed by atoms with Gasteiger partial charge in [0.25, 0.3) is 0 Å². The molecule has 6 nitrogen and oxygen atoms in total. The van der Waals surface area contributed by atoms with Crippen LogP contribution < -0.4 is 0 Å². The van der Waals surface area contributed by atoms with Crippen LogP contribution in [-0.2, 0) is 20.6 Å². The van der Waals surface area contributed by atoms with Crippen molar-refractivity contribution < 1.29 is 24.0 Å². The molecule has 1 heterocycles. The maximum atomic E-state index is 11.5. The van der Waals surface area contributed by atoms with Crippen LogP contribution in [0.5, 0.6) is 0 Å². The highest BCUT2D eigenvalue weighted by molar-refractivity contribution is 7.57. The number of nitrogens with zero attached hydrogens (tertiary/aromatic N) is 1. The Kier molecular flexibility index (Phi) is 9.95. The molecule has 1 saturated heterocycles. The third-order valence-electron chi connectivity index (χ3n) is 7.32. The van der Waals surface area contributed by atoms with Gasteiger partial charge in [0, 0.05) is 44.3 Å². The first kappa shape index (κ1) is 27.3. The van der Waals surface area contributed by atoms with Gasteiger partial charge in [0.2, 0.25) is 0 Å². The molecule has 5 unspecified atom stereocenters. The van der Waals surface area contributed by atoms with Crippen molar-refractivity contribution in [2.45, 2.75) is 50.5 Å². The molecule has 7 heteroatoms. The summed E-state index contributed by atoms with van der Waals surface area (Å²) in [6, 6.07) is 18.9. The van der Waals surface area contributed by atoms with Gasteiger partial charge in [0.1, 0.15) is 0 Å². The Hall–Kier alpha value is -1.79. The number of hydrogen-bond donors (Lipinski definition) is 2. The summed E-state index contributed by atoms with van der Waals surface area (Å²) >= 11 is 0. The van der Waals surface area contributed by atoms with E-state index in [1.54, 1.807) is 0 Å². The third-order valence-corrected chi connectivity index (χ3v) is 8.41. The van der Waals surface area contributed by atoms with E-state index in [9.17, 15) is 14.6 Å². The average molecular weight is 514 g/mol. The second kappa shape index (κ2) is 13.1. The number of hydrogen-bond acceptors (Lipinski definition) is 5. The fourth-order valence-electron chi connectivity index (χ4n) is 5.46. The Balaban J connectivity index is 1.37. The van der Waals surface area contributed by atoms with E-state index in [4.69, 9.17) is 9.47 Å². The van der Waals surface area contributed by atoms with Crippen molar-refractivity contribution in [3.8, 4) is 11.1 Å². The van der Waals surface area contributed by atoms with Gasteiger partial charge in [-0.3, -0.25) is 9.46 Å². The van der Waals surface area contributed by atoms with Crippen molar-refractivity contribution in [2.24, 2.45) is 5.92 Å². The van der Waals surface area contributed by atoms with Crippen LogP contribution in [0.25, 0.3) is 11.1 Å². The summed E-state index contributed by atoms with van der Waals surface area (Å²) in [4.78, 5) is 11.9. The summed E-state index contributed by atoms with van der Waals surface area (Å²) in [6.45, 7) is 5.01. The first-order valence-corrected chi connectivity index (χ1v) is 15.4. The molecule has 1 saturated carbocycles. The smallest absolute Gasteiger partial charge is 0.197 e. The predicted octanol–water partition coefficient (Wildman–Crippen LogP) is 4.95. The lowest BCUT2D eigenvalue weighted by Crippen LogP contribution is -2.50. The maximum absolute atomic E-state index is 11.5. The summed E-state index contributed by atoms with van der Waals surface area (Å²) in [5.74, 6) is 0.224. The minimum Gasteiger partial charge on any atom is -0.391 e. The van der Waals surface area contributed by atoms with Crippen LogP contribution in [0.2, 0.25) is 0 Å². The van der Waals surface area contributed by atoms with Crippen molar-refractivity contribution in [1.29, 1.82) is 0 Å². The van der Waals surface area contributed by atoms with E-state index in [0.717, 1.165) is 31.5 Å². The second-order valence-electron chi connectivity index (χ2n) is 10.1. The first-order valence-electron chi connectivity index (χ1n) is 13.1. The molecule has 1 aliphatic carbocycles. The van der Waals surface area contributed by atoms with E-state index in [-0.39, 0.29) is 18.1 Å². The number of aliphatic hydroxyl groups excluding tert-OH is 1. The fourth-order valence-corrected chi connectivity index (χ4v) is 6.09. The molecule has 2 aliphatic rings. The molecule has 0 amide bonds. The molecule has 0 aromatic heterocycles. The molecular weight excluding hydrogens is 473 g/mol. The molecule has 196 valence electrons. The van der Waals surface area contributed by atoms with Gasteiger partial charge in [-0.25, -0.2) is 0 Å². The standard InChI is InChI=1S/C29H40NO5P/c1-36(32,33)20-8-3-2-7-11-26-28(21-27(31)29(26)30-16-18-34-19-17-30)35-22-23-12-14-25(15-13-23)24-9-5-4-6-10-24/h2-6,9-10,12-15,26-29,31H,7-8,11,16-22H2,1H3,(H,32,33)/b3-2+. The van der Waals surface area contributed by atoms with E-state index in [1.165, 1.54) is 17.8 Å². The topological polar surface area (TPSA) is 79.2 Å². The maximum Gasteiger partial charge on any atom is 0.197 e. The lowest BCUT2D eigenvalue weighted by atomic mass is 9.93. The van der Waals surface area contributed by atoms with Crippen LogP contribution in [-0.4, -0.2) is 72.3 Å². The Morgan fingerprint density at radius 3 is 2.39 bits per heavy atom. The number of ether oxygens (including phenoxy) is 2.